The van der Waals surface area contributed by atoms with Gasteiger partial charge in [0.25, 0.3) is 0 Å². The minimum Gasteiger partial charge on any atom is -0.331 e. The van der Waals surface area contributed by atoms with Crippen LogP contribution in [-0.4, -0.2) is 14.5 Å². The Labute approximate surface area is 108 Å². The minimum atomic E-state index is 0.309. The summed E-state index contributed by atoms with van der Waals surface area (Å²) in [7, 11) is 0. The van der Waals surface area contributed by atoms with Gasteiger partial charge in [-0.25, -0.2) is 4.98 Å². The third kappa shape index (κ3) is 2.96. The summed E-state index contributed by atoms with van der Waals surface area (Å²) in [5.74, 6) is 0. The molecule has 0 fully saturated rings. The second-order valence-corrected chi connectivity index (χ2v) is 4.77. The molecular formula is C14H20N4. The molecule has 2 rings (SSSR count). The van der Waals surface area contributed by atoms with Crippen LogP contribution in [0.1, 0.15) is 44.1 Å². The Morgan fingerprint density at radius 1 is 1.17 bits per heavy atom. The van der Waals surface area contributed by atoms with Gasteiger partial charge in [0.15, 0.2) is 0 Å². The molecule has 18 heavy (non-hydrogen) atoms. The van der Waals surface area contributed by atoms with E-state index in [1.165, 1.54) is 11.3 Å². The Bertz CT molecular complexity index is 476. The van der Waals surface area contributed by atoms with Crippen molar-refractivity contribution in [1.29, 1.82) is 0 Å². The second-order valence-electron chi connectivity index (χ2n) is 4.77. The normalized spacial score (nSPS) is 12.9. The molecule has 96 valence electrons. The molecule has 2 aromatic rings. The SMILES string of the molecule is CC(C)n1cncc1CN[C@H](C)c1ccncc1. The van der Waals surface area contributed by atoms with Gasteiger partial charge in [0.05, 0.1) is 12.0 Å². The number of pyridine rings is 1. The number of hydrogen-bond acceptors (Lipinski definition) is 3. The van der Waals surface area contributed by atoms with E-state index >= 15 is 0 Å². The molecule has 0 amide bonds. The third-order valence-electron chi connectivity index (χ3n) is 3.10. The van der Waals surface area contributed by atoms with E-state index in [0.717, 1.165) is 6.54 Å². The lowest BCUT2D eigenvalue weighted by molar-refractivity contribution is 0.518. The Hall–Kier alpha value is -1.68. The fraction of sp³-hybridized carbons (Fsp3) is 0.429. The maximum Gasteiger partial charge on any atom is 0.0951 e. The highest BCUT2D eigenvalue weighted by atomic mass is 15.1. The van der Waals surface area contributed by atoms with Crippen LogP contribution in [0.5, 0.6) is 0 Å². The van der Waals surface area contributed by atoms with Crippen molar-refractivity contribution in [1.82, 2.24) is 19.9 Å². The summed E-state index contributed by atoms with van der Waals surface area (Å²) in [5, 5.41) is 3.51. The first-order chi connectivity index (χ1) is 8.68. The monoisotopic (exact) mass is 244 g/mol. The highest BCUT2D eigenvalue weighted by molar-refractivity contribution is 5.14. The maximum absolute atomic E-state index is 4.21. The van der Waals surface area contributed by atoms with Crippen LogP contribution >= 0.6 is 0 Å². The number of nitrogens with one attached hydrogen (secondary N) is 1. The lowest BCUT2D eigenvalue weighted by Crippen LogP contribution is -2.20. The zero-order valence-electron chi connectivity index (χ0n) is 11.2. The molecule has 0 aliphatic carbocycles. The van der Waals surface area contributed by atoms with Gasteiger partial charge in [0, 0.05) is 37.2 Å². The van der Waals surface area contributed by atoms with Crippen molar-refractivity contribution in [3.05, 3.63) is 48.3 Å². The fourth-order valence-electron chi connectivity index (χ4n) is 1.96. The van der Waals surface area contributed by atoms with Gasteiger partial charge in [-0.3, -0.25) is 4.98 Å². The molecule has 0 saturated heterocycles. The van der Waals surface area contributed by atoms with Gasteiger partial charge in [0.2, 0.25) is 0 Å². The van der Waals surface area contributed by atoms with Crippen molar-refractivity contribution in [2.45, 2.75) is 39.4 Å². The molecule has 0 aliphatic heterocycles. The quantitative estimate of drug-likeness (QED) is 0.879. The highest BCUT2D eigenvalue weighted by Gasteiger charge is 2.08. The molecular weight excluding hydrogens is 224 g/mol. The molecule has 0 radical (unpaired) electrons. The topological polar surface area (TPSA) is 42.7 Å². The van der Waals surface area contributed by atoms with Gasteiger partial charge in [-0.15, -0.1) is 0 Å². The van der Waals surface area contributed by atoms with Crippen LogP contribution in [0.2, 0.25) is 0 Å². The molecule has 4 nitrogen and oxygen atoms in total. The summed E-state index contributed by atoms with van der Waals surface area (Å²) in [4.78, 5) is 8.24. The summed E-state index contributed by atoms with van der Waals surface area (Å²) in [6.07, 6.45) is 7.46. The average Bonchev–Trinajstić information content (AvgIpc) is 2.85. The molecule has 0 aliphatic rings. The van der Waals surface area contributed by atoms with E-state index in [0.29, 0.717) is 12.1 Å². The molecule has 0 aromatic carbocycles. The predicted molar refractivity (Wildman–Crippen MR) is 72.1 cm³/mol. The summed E-state index contributed by atoms with van der Waals surface area (Å²) in [5.41, 5.74) is 2.46. The van der Waals surface area contributed by atoms with Crippen LogP contribution in [-0.2, 0) is 6.54 Å². The van der Waals surface area contributed by atoms with Gasteiger partial charge in [-0.2, -0.15) is 0 Å². The van der Waals surface area contributed by atoms with Crippen LogP contribution in [0, 0.1) is 0 Å². The highest BCUT2D eigenvalue weighted by Crippen LogP contribution is 2.13. The summed E-state index contributed by atoms with van der Waals surface area (Å²) < 4.78 is 2.19. The molecule has 2 aromatic heterocycles. The van der Waals surface area contributed by atoms with Gasteiger partial charge >= 0.3 is 0 Å². The number of rotatable bonds is 5. The Morgan fingerprint density at radius 2 is 1.89 bits per heavy atom. The van der Waals surface area contributed by atoms with Crippen molar-refractivity contribution >= 4 is 0 Å². The van der Waals surface area contributed by atoms with Crippen LogP contribution in [0.4, 0.5) is 0 Å². The second kappa shape index (κ2) is 5.78. The summed E-state index contributed by atoms with van der Waals surface area (Å²) >= 11 is 0. The Morgan fingerprint density at radius 3 is 2.56 bits per heavy atom. The average molecular weight is 244 g/mol. The van der Waals surface area contributed by atoms with Crippen molar-refractivity contribution in [2.24, 2.45) is 0 Å². The molecule has 1 N–H and O–H groups in total. The van der Waals surface area contributed by atoms with Gasteiger partial charge in [-0.1, -0.05) is 0 Å². The predicted octanol–water partition coefficient (Wildman–Crippen LogP) is 2.71. The first-order valence-electron chi connectivity index (χ1n) is 6.32. The lowest BCUT2D eigenvalue weighted by Gasteiger charge is -2.16. The number of aromatic nitrogens is 3. The first kappa shape index (κ1) is 12.8. The van der Waals surface area contributed by atoms with Crippen molar-refractivity contribution in [2.75, 3.05) is 0 Å². The fourth-order valence-corrected chi connectivity index (χ4v) is 1.96. The van der Waals surface area contributed by atoms with E-state index in [-0.39, 0.29) is 0 Å². The van der Waals surface area contributed by atoms with Crippen LogP contribution in [0.25, 0.3) is 0 Å². The Kier molecular flexibility index (Phi) is 4.10. The van der Waals surface area contributed by atoms with Gasteiger partial charge < -0.3 is 9.88 Å². The van der Waals surface area contributed by atoms with E-state index in [1.54, 1.807) is 0 Å². The lowest BCUT2D eigenvalue weighted by atomic mass is 10.1. The van der Waals surface area contributed by atoms with E-state index in [4.69, 9.17) is 0 Å². The Balaban J connectivity index is 1.97. The van der Waals surface area contributed by atoms with Crippen molar-refractivity contribution in [3.8, 4) is 0 Å². The van der Waals surface area contributed by atoms with Gasteiger partial charge in [-0.05, 0) is 38.5 Å². The molecule has 1 atom stereocenters. The van der Waals surface area contributed by atoms with E-state index in [9.17, 15) is 0 Å². The maximum atomic E-state index is 4.21. The van der Waals surface area contributed by atoms with Crippen LogP contribution in [0.3, 0.4) is 0 Å². The largest absolute Gasteiger partial charge is 0.331 e. The molecule has 0 unspecified atom stereocenters. The minimum absolute atomic E-state index is 0.309. The molecule has 0 saturated carbocycles. The van der Waals surface area contributed by atoms with E-state index in [2.05, 4.69) is 40.6 Å². The van der Waals surface area contributed by atoms with Crippen molar-refractivity contribution in [3.63, 3.8) is 0 Å². The zero-order valence-corrected chi connectivity index (χ0v) is 11.2. The number of imidazole rings is 1. The van der Waals surface area contributed by atoms with E-state index in [1.807, 2.05) is 37.1 Å². The standard InChI is InChI=1S/C14H20N4/c1-11(2)18-10-16-8-14(18)9-17-12(3)13-4-6-15-7-5-13/h4-8,10-12,17H,9H2,1-3H3/t12-/m1/s1. The zero-order chi connectivity index (χ0) is 13.0. The van der Waals surface area contributed by atoms with Crippen LogP contribution < -0.4 is 5.32 Å². The van der Waals surface area contributed by atoms with Crippen LogP contribution in [0.15, 0.2) is 37.1 Å². The first-order valence-corrected chi connectivity index (χ1v) is 6.32. The van der Waals surface area contributed by atoms with Gasteiger partial charge in [0.1, 0.15) is 0 Å². The number of hydrogen-bond donors (Lipinski definition) is 1. The molecule has 2 heterocycles. The molecule has 4 heteroatoms. The number of nitrogens with zero attached hydrogens (tertiary/aromatic N) is 3. The smallest absolute Gasteiger partial charge is 0.0951 e. The molecule has 0 bridgehead atoms. The summed E-state index contributed by atoms with van der Waals surface area (Å²) in [6.45, 7) is 7.31. The third-order valence-corrected chi connectivity index (χ3v) is 3.10. The van der Waals surface area contributed by atoms with Crippen molar-refractivity contribution < 1.29 is 0 Å². The van der Waals surface area contributed by atoms with E-state index < -0.39 is 0 Å². The summed E-state index contributed by atoms with van der Waals surface area (Å²) in [6, 6.07) is 4.83. The molecule has 0 spiro atoms.